The topological polar surface area (TPSA) is 42.0 Å². The molecular formula is C14H8ClFN2O. The zero-order valence-corrected chi connectivity index (χ0v) is 10.4. The molecule has 1 aromatic carbocycles. The van der Waals surface area contributed by atoms with E-state index in [0.717, 1.165) is 12.3 Å². The zero-order valence-electron chi connectivity index (χ0n) is 9.65. The van der Waals surface area contributed by atoms with Crippen molar-refractivity contribution in [1.29, 1.82) is 0 Å². The van der Waals surface area contributed by atoms with Crippen molar-refractivity contribution in [2.45, 2.75) is 0 Å². The number of benzene rings is 1. The Morgan fingerprint density at radius 1 is 1.37 bits per heavy atom. The number of hydrogen-bond acceptors (Lipinski definition) is 2. The molecule has 2 aromatic rings. The van der Waals surface area contributed by atoms with Crippen LogP contribution in [0.1, 0.15) is 15.9 Å². The molecule has 0 fully saturated rings. The fourth-order valence-corrected chi connectivity index (χ4v) is 1.62. The Balaban J connectivity index is 2.21. The second kappa shape index (κ2) is 5.51. The number of nitrogens with zero attached hydrogens (tertiary/aromatic N) is 1. The summed E-state index contributed by atoms with van der Waals surface area (Å²) in [5.41, 5.74) is 1.20. The van der Waals surface area contributed by atoms with Crippen LogP contribution in [0.2, 0.25) is 5.15 Å². The maximum atomic E-state index is 13.0. The summed E-state index contributed by atoms with van der Waals surface area (Å²) in [6.07, 6.45) is 6.17. The second-order valence-electron chi connectivity index (χ2n) is 3.67. The first-order valence-corrected chi connectivity index (χ1v) is 5.67. The summed E-state index contributed by atoms with van der Waals surface area (Å²) in [4.78, 5) is 15.5. The lowest BCUT2D eigenvalue weighted by molar-refractivity contribution is 0.102. The minimum Gasteiger partial charge on any atom is -0.322 e. The Hall–Kier alpha value is -2.38. The van der Waals surface area contributed by atoms with E-state index in [1.54, 1.807) is 24.3 Å². The minimum absolute atomic E-state index is 0.0253. The van der Waals surface area contributed by atoms with E-state index >= 15 is 0 Å². The molecule has 0 saturated carbocycles. The van der Waals surface area contributed by atoms with E-state index in [0.29, 0.717) is 11.3 Å². The number of carbonyl (C=O) groups excluding carboxylic acids is 1. The van der Waals surface area contributed by atoms with Gasteiger partial charge in [0.2, 0.25) is 0 Å². The maximum absolute atomic E-state index is 13.0. The molecule has 0 radical (unpaired) electrons. The number of rotatable bonds is 2. The summed E-state index contributed by atoms with van der Waals surface area (Å²) in [6, 6.07) is 7.68. The Labute approximate surface area is 114 Å². The summed E-state index contributed by atoms with van der Waals surface area (Å²) in [5, 5.41) is 2.52. The lowest BCUT2D eigenvalue weighted by Gasteiger charge is -2.06. The molecule has 1 aromatic heterocycles. The van der Waals surface area contributed by atoms with Crippen molar-refractivity contribution < 1.29 is 9.18 Å². The first-order chi connectivity index (χ1) is 9.10. The van der Waals surface area contributed by atoms with Gasteiger partial charge >= 0.3 is 0 Å². The molecular weight excluding hydrogens is 267 g/mol. The first kappa shape index (κ1) is 13.1. The smallest absolute Gasteiger partial charge is 0.258 e. The molecule has 0 unspecified atom stereocenters. The number of pyridine rings is 1. The molecule has 1 N–H and O–H groups in total. The van der Waals surface area contributed by atoms with Crippen LogP contribution in [-0.4, -0.2) is 10.9 Å². The third-order valence-corrected chi connectivity index (χ3v) is 2.66. The highest BCUT2D eigenvalue weighted by molar-refractivity contribution is 6.33. The van der Waals surface area contributed by atoms with Gasteiger partial charge in [0, 0.05) is 11.3 Å². The molecule has 2 rings (SSSR count). The summed E-state index contributed by atoms with van der Waals surface area (Å²) in [6.45, 7) is 0. The number of carbonyl (C=O) groups is 1. The molecule has 0 atom stereocenters. The van der Waals surface area contributed by atoms with Crippen LogP contribution >= 0.6 is 11.6 Å². The van der Waals surface area contributed by atoms with Crippen molar-refractivity contribution >= 4 is 23.2 Å². The molecule has 94 valence electrons. The van der Waals surface area contributed by atoms with Gasteiger partial charge in [0.05, 0.1) is 11.8 Å². The number of hydrogen-bond donors (Lipinski definition) is 1. The zero-order chi connectivity index (χ0) is 13.8. The summed E-state index contributed by atoms with van der Waals surface area (Å²) >= 11 is 5.74. The Morgan fingerprint density at radius 2 is 2.05 bits per heavy atom. The van der Waals surface area contributed by atoms with E-state index in [1.807, 2.05) is 0 Å². The highest BCUT2D eigenvalue weighted by Crippen LogP contribution is 2.16. The van der Waals surface area contributed by atoms with Gasteiger partial charge in [-0.3, -0.25) is 4.79 Å². The summed E-state index contributed by atoms with van der Waals surface area (Å²) in [7, 11) is 0. The van der Waals surface area contributed by atoms with E-state index in [2.05, 4.69) is 16.2 Å². The van der Waals surface area contributed by atoms with E-state index in [1.165, 1.54) is 0 Å². The van der Waals surface area contributed by atoms with Crippen LogP contribution in [0.5, 0.6) is 0 Å². The minimum atomic E-state index is -0.628. The average molecular weight is 275 g/mol. The van der Waals surface area contributed by atoms with Crippen LogP contribution in [0.15, 0.2) is 36.5 Å². The number of terminal acetylenes is 1. The van der Waals surface area contributed by atoms with Gasteiger partial charge in [-0.15, -0.1) is 6.42 Å². The Bertz CT molecular complexity index is 662. The van der Waals surface area contributed by atoms with Crippen molar-refractivity contribution in [3.05, 3.63) is 58.6 Å². The van der Waals surface area contributed by atoms with Crippen molar-refractivity contribution in [3.63, 3.8) is 0 Å². The van der Waals surface area contributed by atoms with Gasteiger partial charge in [0.25, 0.3) is 5.91 Å². The number of aromatic nitrogens is 1. The largest absolute Gasteiger partial charge is 0.322 e. The van der Waals surface area contributed by atoms with Crippen molar-refractivity contribution in [2.75, 3.05) is 5.32 Å². The monoisotopic (exact) mass is 274 g/mol. The molecule has 0 saturated heterocycles. The van der Waals surface area contributed by atoms with E-state index in [9.17, 15) is 9.18 Å². The van der Waals surface area contributed by atoms with E-state index in [4.69, 9.17) is 18.0 Å². The van der Waals surface area contributed by atoms with Crippen molar-refractivity contribution in [2.24, 2.45) is 0 Å². The molecule has 0 bridgehead atoms. The highest BCUT2D eigenvalue weighted by Gasteiger charge is 2.12. The lowest BCUT2D eigenvalue weighted by Crippen LogP contribution is -2.13. The summed E-state index contributed by atoms with van der Waals surface area (Å²) < 4.78 is 13.0. The van der Waals surface area contributed by atoms with Crippen molar-refractivity contribution in [3.8, 4) is 12.3 Å². The molecule has 0 spiro atoms. The standard InChI is InChI=1S/C14H8ClFN2O/c1-2-9-3-5-11(6-4-9)18-14(19)12-7-10(16)8-17-13(12)15/h1,3-8H,(H,18,19). The second-order valence-corrected chi connectivity index (χ2v) is 4.03. The maximum Gasteiger partial charge on any atom is 0.258 e. The van der Waals surface area contributed by atoms with Crippen LogP contribution < -0.4 is 5.32 Å². The molecule has 3 nitrogen and oxygen atoms in total. The van der Waals surface area contributed by atoms with Gasteiger partial charge in [0.1, 0.15) is 11.0 Å². The van der Waals surface area contributed by atoms with Crippen molar-refractivity contribution in [1.82, 2.24) is 4.98 Å². The van der Waals surface area contributed by atoms with Gasteiger partial charge in [-0.25, -0.2) is 9.37 Å². The van der Waals surface area contributed by atoms with E-state index < -0.39 is 11.7 Å². The summed E-state index contributed by atoms with van der Waals surface area (Å²) in [5.74, 6) is 1.30. The number of amides is 1. The number of nitrogens with one attached hydrogen (secondary N) is 1. The fraction of sp³-hybridized carbons (Fsp3) is 0. The first-order valence-electron chi connectivity index (χ1n) is 5.29. The SMILES string of the molecule is C#Cc1ccc(NC(=O)c2cc(F)cnc2Cl)cc1. The van der Waals surface area contributed by atoms with Gasteiger partial charge in [-0.1, -0.05) is 17.5 Å². The van der Waals surface area contributed by atoms with Gasteiger partial charge in [-0.05, 0) is 30.3 Å². The van der Waals surface area contributed by atoms with Crippen LogP contribution in [-0.2, 0) is 0 Å². The van der Waals surface area contributed by atoms with Crippen LogP contribution in [0.4, 0.5) is 10.1 Å². The lowest BCUT2D eigenvalue weighted by atomic mass is 10.2. The van der Waals surface area contributed by atoms with Crippen LogP contribution in [0, 0.1) is 18.2 Å². The van der Waals surface area contributed by atoms with Gasteiger partial charge in [0.15, 0.2) is 0 Å². The highest BCUT2D eigenvalue weighted by atomic mass is 35.5. The molecule has 1 heterocycles. The van der Waals surface area contributed by atoms with Crippen LogP contribution in [0.25, 0.3) is 0 Å². The van der Waals surface area contributed by atoms with Crippen LogP contribution in [0.3, 0.4) is 0 Å². The normalized spacial score (nSPS) is 9.74. The number of anilines is 1. The molecule has 0 aliphatic heterocycles. The predicted molar refractivity (Wildman–Crippen MR) is 71.5 cm³/mol. The Morgan fingerprint density at radius 3 is 2.68 bits per heavy atom. The van der Waals surface area contributed by atoms with Gasteiger partial charge < -0.3 is 5.32 Å². The quantitative estimate of drug-likeness (QED) is 0.675. The Kier molecular flexibility index (Phi) is 3.79. The third kappa shape index (κ3) is 3.09. The third-order valence-electron chi connectivity index (χ3n) is 2.36. The molecule has 0 aliphatic rings. The average Bonchev–Trinajstić information content (AvgIpc) is 2.42. The fourth-order valence-electron chi connectivity index (χ4n) is 1.43. The molecule has 1 amide bonds. The van der Waals surface area contributed by atoms with Gasteiger partial charge in [-0.2, -0.15) is 0 Å². The predicted octanol–water partition coefficient (Wildman–Crippen LogP) is 3.11. The molecule has 5 heteroatoms. The number of halogens is 2. The van der Waals surface area contributed by atoms with E-state index in [-0.39, 0.29) is 10.7 Å². The molecule has 0 aliphatic carbocycles. The molecule has 19 heavy (non-hydrogen) atoms.